The molecule has 0 radical (unpaired) electrons. The Morgan fingerprint density at radius 1 is 0.840 bits per heavy atom. The molecule has 1 saturated carbocycles. The lowest BCUT2D eigenvalue weighted by atomic mass is 9.55. The van der Waals surface area contributed by atoms with Crippen molar-refractivity contribution in [2.45, 2.75) is 52.4 Å². The van der Waals surface area contributed by atoms with Crippen LogP contribution in [0.3, 0.4) is 0 Å². The zero-order valence-electron chi connectivity index (χ0n) is 15.8. The minimum Gasteiger partial charge on any atom is -0.508 e. The highest BCUT2D eigenvalue weighted by Gasteiger charge is 2.45. The van der Waals surface area contributed by atoms with Crippen LogP contribution < -0.4 is 0 Å². The highest BCUT2D eigenvalue weighted by atomic mass is 16.3. The number of rotatable bonds is 2. The van der Waals surface area contributed by atoms with Crippen molar-refractivity contribution < 1.29 is 10.2 Å². The molecule has 134 valence electrons. The van der Waals surface area contributed by atoms with Crippen LogP contribution in [-0.2, 0) is 5.41 Å². The molecule has 1 aliphatic rings. The second-order valence-corrected chi connectivity index (χ2v) is 8.80. The van der Waals surface area contributed by atoms with Gasteiger partial charge in [-0.15, -0.1) is 0 Å². The third-order valence-corrected chi connectivity index (χ3v) is 6.36. The Morgan fingerprint density at radius 3 is 1.64 bits per heavy atom. The van der Waals surface area contributed by atoms with Gasteiger partial charge in [-0.2, -0.15) is 0 Å². The van der Waals surface area contributed by atoms with E-state index in [0.717, 1.165) is 6.42 Å². The quantitative estimate of drug-likeness (QED) is 0.719. The fourth-order valence-electron chi connectivity index (χ4n) is 4.72. The van der Waals surface area contributed by atoms with Crippen LogP contribution in [0.5, 0.6) is 11.5 Å². The molecular formula is C23H30O2. The molecule has 0 amide bonds. The number of aromatic hydroxyl groups is 2. The standard InChI is InChI=1S/C23H30O2/c1-16-15-19(22(2,3)4)13-14-23(16,17-5-9-20(24)10-6-17)18-7-11-21(25)12-8-18/h5-12,16,19,24-25H,13-15H2,1-4H3. The molecule has 2 unspecified atom stereocenters. The predicted octanol–water partition coefficient (Wildman–Crippen LogP) is 5.87. The van der Waals surface area contributed by atoms with E-state index in [9.17, 15) is 10.2 Å². The summed E-state index contributed by atoms with van der Waals surface area (Å²) in [7, 11) is 0. The summed E-state index contributed by atoms with van der Waals surface area (Å²) in [5, 5.41) is 19.5. The van der Waals surface area contributed by atoms with Gasteiger partial charge in [-0.3, -0.25) is 0 Å². The van der Waals surface area contributed by atoms with E-state index in [-0.39, 0.29) is 5.41 Å². The van der Waals surface area contributed by atoms with Crippen molar-refractivity contribution in [3.63, 3.8) is 0 Å². The summed E-state index contributed by atoms with van der Waals surface area (Å²) in [6.07, 6.45) is 3.46. The van der Waals surface area contributed by atoms with Crippen molar-refractivity contribution in [2.24, 2.45) is 17.3 Å². The Bertz CT molecular complexity index is 662. The minimum atomic E-state index is -0.0663. The summed E-state index contributed by atoms with van der Waals surface area (Å²) in [6.45, 7) is 9.40. The molecule has 2 N–H and O–H groups in total. The Labute approximate surface area is 151 Å². The number of benzene rings is 2. The van der Waals surface area contributed by atoms with Crippen molar-refractivity contribution in [1.82, 2.24) is 0 Å². The topological polar surface area (TPSA) is 40.5 Å². The van der Waals surface area contributed by atoms with Gasteiger partial charge in [-0.05, 0) is 71.9 Å². The van der Waals surface area contributed by atoms with Crippen molar-refractivity contribution in [2.75, 3.05) is 0 Å². The van der Waals surface area contributed by atoms with Crippen LogP contribution in [-0.4, -0.2) is 10.2 Å². The lowest BCUT2D eigenvalue weighted by Gasteiger charge is -2.49. The maximum Gasteiger partial charge on any atom is 0.115 e. The fourth-order valence-corrected chi connectivity index (χ4v) is 4.72. The van der Waals surface area contributed by atoms with Crippen LogP contribution >= 0.6 is 0 Å². The van der Waals surface area contributed by atoms with Gasteiger partial charge < -0.3 is 10.2 Å². The van der Waals surface area contributed by atoms with Crippen LogP contribution in [0.2, 0.25) is 0 Å². The Hall–Kier alpha value is -1.96. The molecule has 2 atom stereocenters. The fraction of sp³-hybridized carbons (Fsp3) is 0.478. The highest BCUT2D eigenvalue weighted by Crippen LogP contribution is 2.53. The molecule has 2 aromatic carbocycles. The van der Waals surface area contributed by atoms with Gasteiger partial charge in [-0.1, -0.05) is 52.0 Å². The maximum absolute atomic E-state index is 9.73. The van der Waals surface area contributed by atoms with E-state index in [1.54, 1.807) is 24.3 Å². The number of hydrogen-bond donors (Lipinski definition) is 2. The van der Waals surface area contributed by atoms with E-state index in [1.165, 1.54) is 24.0 Å². The Balaban J connectivity index is 2.07. The lowest BCUT2D eigenvalue weighted by Crippen LogP contribution is -2.42. The van der Waals surface area contributed by atoms with Gasteiger partial charge in [0.1, 0.15) is 11.5 Å². The van der Waals surface area contributed by atoms with Crippen molar-refractivity contribution >= 4 is 0 Å². The molecule has 0 saturated heterocycles. The van der Waals surface area contributed by atoms with E-state index in [0.29, 0.717) is 28.7 Å². The van der Waals surface area contributed by atoms with E-state index in [1.807, 2.05) is 0 Å². The third-order valence-electron chi connectivity index (χ3n) is 6.36. The Kier molecular flexibility index (Phi) is 4.57. The van der Waals surface area contributed by atoms with Crippen LogP contribution in [0, 0.1) is 17.3 Å². The molecule has 2 nitrogen and oxygen atoms in total. The van der Waals surface area contributed by atoms with Gasteiger partial charge in [0.25, 0.3) is 0 Å². The largest absolute Gasteiger partial charge is 0.508 e. The SMILES string of the molecule is CC1CC(C(C)(C)C)CCC1(c1ccc(O)cc1)c1ccc(O)cc1. The summed E-state index contributed by atoms with van der Waals surface area (Å²) in [5.41, 5.74) is 2.78. The molecule has 2 aromatic rings. The average Bonchev–Trinajstić information content (AvgIpc) is 2.56. The molecule has 1 aliphatic carbocycles. The van der Waals surface area contributed by atoms with E-state index in [2.05, 4.69) is 52.0 Å². The van der Waals surface area contributed by atoms with E-state index in [4.69, 9.17) is 0 Å². The third kappa shape index (κ3) is 3.27. The molecule has 25 heavy (non-hydrogen) atoms. The molecule has 1 fully saturated rings. The summed E-state index contributed by atoms with van der Waals surface area (Å²) < 4.78 is 0. The highest BCUT2D eigenvalue weighted by molar-refractivity contribution is 5.44. The van der Waals surface area contributed by atoms with E-state index >= 15 is 0 Å². The van der Waals surface area contributed by atoms with Gasteiger partial charge in [0.05, 0.1) is 0 Å². The van der Waals surface area contributed by atoms with Crippen LogP contribution in [0.25, 0.3) is 0 Å². The Morgan fingerprint density at radius 2 is 1.28 bits per heavy atom. The summed E-state index contributed by atoms with van der Waals surface area (Å²) >= 11 is 0. The maximum atomic E-state index is 9.73. The molecule has 0 bridgehead atoms. The van der Waals surface area contributed by atoms with Crippen LogP contribution in [0.4, 0.5) is 0 Å². The smallest absolute Gasteiger partial charge is 0.115 e. The summed E-state index contributed by atoms with van der Waals surface area (Å²) in [4.78, 5) is 0. The molecule has 2 heteroatoms. The first-order chi connectivity index (χ1) is 11.7. The first-order valence-corrected chi connectivity index (χ1v) is 9.32. The predicted molar refractivity (Wildman–Crippen MR) is 103 cm³/mol. The number of hydrogen-bond acceptors (Lipinski definition) is 2. The first kappa shape index (κ1) is 17.8. The number of phenols is 2. The molecule has 0 spiro atoms. The average molecular weight is 338 g/mol. The molecule has 3 rings (SSSR count). The normalized spacial score (nSPS) is 23.4. The van der Waals surface area contributed by atoms with Crippen molar-refractivity contribution in [1.29, 1.82) is 0 Å². The number of phenolic OH excluding ortho intramolecular Hbond substituents is 2. The van der Waals surface area contributed by atoms with Gasteiger partial charge in [-0.25, -0.2) is 0 Å². The molecule has 0 heterocycles. The van der Waals surface area contributed by atoms with Gasteiger partial charge in [0.15, 0.2) is 0 Å². The molecule has 0 aliphatic heterocycles. The first-order valence-electron chi connectivity index (χ1n) is 9.32. The van der Waals surface area contributed by atoms with Gasteiger partial charge in [0, 0.05) is 5.41 Å². The van der Waals surface area contributed by atoms with Crippen LogP contribution in [0.1, 0.15) is 58.1 Å². The van der Waals surface area contributed by atoms with Gasteiger partial charge in [0.2, 0.25) is 0 Å². The second-order valence-electron chi connectivity index (χ2n) is 8.80. The monoisotopic (exact) mass is 338 g/mol. The molecule has 0 aromatic heterocycles. The molecular weight excluding hydrogens is 308 g/mol. The minimum absolute atomic E-state index is 0.0663. The van der Waals surface area contributed by atoms with Crippen molar-refractivity contribution in [3.8, 4) is 11.5 Å². The zero-order valence-corrected chi connectivity index (χ0v) is 15.8. The summed E-state index contributed by atoms with van der Waals surface area (Å²) in [6, 6.07) is 15.4. The van der Waals surface area contributed by atoms with Crippen molar-refractivity contribution in [3.05, 3.63) is 59.7 Å². The van der Waals surface area contributed by atoms with Crippen LogP contribution in [0.15, 0.2) is 48.5 Å². The van der Waals surface area contributed by atoms with Gasteiger partial charge >= 0.3 is 0 Å². The van der Waals surface area contributed by atoms with E-state index < -0.39 is 0 Å². The second kappa shape index (κ2) is 6.40. The summed E-state index contributed by atoms with van der Waals surface area (Å²) in [5.74, 6) is 1.81. The lowest BCUT2D eigenvalue weighted by molar-refractivity contribution is 0.102. The zero-order chi connectivity index (χ0) is 18.2.